The van der Waals surface area contributed by atoms with Gasteiger partial charge in [-0.3, -0.25) is 0 Å². The van der Waals surface area contributed by atoms with Crippen molar-refractivity contribution in [2.24, 2.45) is 0 Å². The van der Waals surface area contributed by atoms with Crippen molar-refractivity contribution in [3.8, 4) is 11.5 Å². The average molecular weight is 393 g/mol. The van der Waals surface area contributed by atoms with Crippen molar-refractivity contribution >= 4 is 11.6 Å². The number of ether oxygens (including phenoxy) is 2. The summed E-state index contributed by atoms with van der Waals surface area (Å²) in [6.07, 6.45) is -0.333. The highest BCUT2D eigenvalue weighted by Gasteiger charge is 2.11. The molecule has 2 aromatic carbocycles. The first-order valence-electron chi connectivity index (χ1n) is 9.31. The Morgan fingerprint density at radius 2 is 1.78 bits per heavy atom. The largest absolute Gasteiger partial charge is 0.490 e. The fourth-order valence-electron chi connectivity index (χ4n) is 2.58. The number of rotatable bonds is 12. The Morgan fingerprint density at radius 3 is 2.48 bits per heavy atom. The van der Waals surface area contributed by atoms with Crippen LogP contribution >= 0.6 is 11.6 Å². The minimum absolute atomic E-state index is 0.333. The van der Waals surface area contributed by atoms with Gasteiger partial charge < -0.3 is 25.2 Å². The van der Waals surface area contributed by atoms with E-state index in [0.717, 1.165) is 35.7 Å². The Labute approximate surface area is 166 Å². The molecule has 0 amide bonds. The molecule has 1 atom stereocenters. The van der Waals surface area contributed by atoms with Crippen LogP contribution in [0.4, 0.5) is 0 Å². The van der Waals surface area contributed by atoms with Crippen molar-refractivity contribution in [3.63, 3.8) is 0 Å². The molecule has 148 valence electrons. The van der Waals surface area contributed by atoms with E-state index in [2.05, 4.69) is 10.6 Å². The second-order valence-corrected chi connectivity index (χ2v) is 6.76. The van der Waals surface area contributed by atoms with Crippen LogP contribution in [0.2, 0.25) is 5.02 Å². The summed E-state index contributed by atoms with van der Waals surface area (Å²) in [6.45, 7) is 7.61. The molecule has 0 saturated heterocycles. The third-order valence-electron chi connectivity index (χ3n) is 3.89. The van der Waals surface area contributed by atoms with Crippen LogP contribution in [0.15, 0.2) is 42.5 Å². The number of hydrogen-bond donors (Lipinski definition) is 3. The zero-order valence-electron chi connectivity index (χ0n) is 16.0. The standard InChI is InChI=1S/C21H29ClN2O3/c1-3-26-20-6-4-5-18(14-24-12-11-23-13-16(2)25)21(20)27-15-17-7-9-19(22)10-8-17/h4-10,16,23-25H,3,11-15H2,1-2H3. The molecule has 0 heterocycles. The van der Waals surface area contributed by atoms with E-state index < -0.39 is 0 Å². The van der Waals surface area contributed by atoms with Gasteiger partial charge in [0, 0.05) is 36.8 Å². The summed E-state index contributed by atoms with van der Waals surface area (Å²) in [7, 11) is 0. The van der Waals surface area contributed by atoms with Crippen molar-refractivity contribution in [3.05, 3.63) is 58.6 Å². The van der Waals surface area contributed by atoms with Gasteiger partial charge >= 0.3 is 0 Å². The fraction of sp³-hybridized carbons (Fsp3) is 0.429. The maximum atomic E-state index is 9.25. The van der Waals surface area contributed by atoms with E-state index in [4.69, 9.17) is 21.1 Å². The lowest BCUT2D eigenvalue weighted by molar-refractivity contribution is 0.191. The van der Waals surface area contributed by atoms with Gasteiger partial charge in [0.25, 0.3) is 0 Å². The number of benzene rings is 2. The molecular formula is C21H29ClN2O3. The molecule has 3 N–H and O–H groups in total. The van der Waals surface area contributed by atoms with Crippen LogP contribution in [-0.2, 0) is 13.2 Å². The molecule has 1 unspecified atom stereocenters. The van der Waals surface area contributed by atoms with Crippen molar-refractivity contribution < 1.29 is 14.6 Å². The fourth-order valence-corrected chi connectivity index (χ4v) is 2.71. The quantitative estimate of drug-likeness (QED) is 0.483. The maximum Gasteiger partial charge on any atom is 0.166 e. The lowest BCUT2D eigenvalue weighted by atomic mass is 10.1. The van der Waals surface area contributed by atoms with E-state index >= 15 is 0 Å². The van der Waals surface area contributed by atoms with Gasteiger partial charge in [0.2, 0.25) is 0 Å². The zero-order valence-corrected chi connectivity index (χ0v) is 16.8. The molecular weight excluding hydrogens is 364 g/mol. The third-order valence-corrected chi connectivity index (χ3v) is 4.14. The van der Waals surface area contributed by atoms with Gasteiger partial charge in [-0.1, -0.05) is 35.9 Å². The minimum atomic E-state index is -0.333. The van der Waals surface area contributed by atoms with Crippen LogP contribution in [0.5, 0.6) is 11.5 Å². The first-order chi connectivity index (χ1) is 13.1. The van der Waals surface area contributed by atoms with E-state index in [1.165, 1.54) is 0 Å². The number of aliphatic hydroxyl groups is 1. The summed E-state index contributed by atoms with van der Waals surface area (Å²) < 4.78 is 11.8. The van der Waals surface area contributed by atoms with Crippen LogP contribution in [0.3, 0.4) is 0 Å². The number of nitrogens with one attached hydrogen (secondary N) is 2. The first kappa shape index (κ1) is 21.5. The molecule has 0 aromatic heterocycles. The summed E-state index contributed by atoms with van der Waals surface area (Å²) in [6, 6.07) is 13.6. The lowest BCUT2D eigenvalue weighted by Crippen LogP contribution is -2.31. The van der Waals surface area contributed by atoms with Crippen molar-refractivity contribution in [1.82, 2.24) is 10.6 Å². The molecule has 0 radical (unpaired) electrons. The van der Waals surface area contributed by atoms with Gasteiger partial charge in [-0.2, -0.15) is 0 Å². The van der Waals surface area contributed by atoms with Gasteiger partial charge in [-0.25, -0.2) is 0 Å². The molecule has 0 spiro atoms. The SMILES string of the molecule is CCOc1cccc(CNCCNCC(C)O)c1OCc1ccc(Cl)cc1. The van der Waals surface area contributed by atoms with Crippen molar-refractivity contribution in [2.75, 3.05) is 26.2 Å². The predicted octanol–water partition coefficient (Wildman–Crippen LogP) is 3.38. The number of aliphatic hydroxyl groups excluding tert-OH is 1. The second-order valence-electron chi connectivity index (χ2n) is 6.32. The van der Waals surface area contributed by atoms with Gasteiger partial charge in [0.05, 0.1) is 12.7 Å². The minimum Gasteiger partial charge on any atom is -0.490 e. The highest BCUT2D eigenvalue weighted by Crippen LogP contribution is 2.32. The molecule has 6 heteroatoms. The van der Waals surface area contributed by atoms with Crippen LogP contribution in [0.1, 0.15) is 25.0 Å². The van der Waals surface area contributed by atoms with Gasteiger partial charge in [-0.15, -0.1) is 0 Å². The summed E-state index contributed by atoms with van der Waals surface area (Å²) in [5.74, 6) is 1.51. The molecule has 27 heavy (non-hydrogen) atoms. The van der Waals surface area contributed by atoms with Crippen LogP contribution in [0, 0.1) is 0 Å². The lowest BCUT2D eigenvalue weighted by Gasteiger charge is -2.17. The number of para-hydroxylation sites is 1. The van der Waals surface area contributed by atoms with Crippen LogP contribution in [-0.4, -0.2) is 37.5 Å². The predicted molar refractivity (Wildman–Crippen MR) is 110 cm³/mol. The monoisotopic (exact) mass is 392 g/mol. The first-order valence-corrected chi connectivity index (χ1v) is 9.69. The molecule has 2 aromatic rings. The molecule has 0 aliphatic heterocycles. The van der Waals surface area contributed by atoms with Gasteiger partial charge in [-0.05, 0) is 37.6 Å². The van der Waals surface area contributed by atoms with Gasteiger partial charge in [0.1, 0.15) is 6.61 Å². The number of halogens is 1. The molecule has 0 bridgehead atoms. The summed E-state index contributed by atoms with van der Waals surface area (Å²) in [4.78, 5) is 0. The summed E-state index contributed by atoms with van der Waals surface area (Å²) >= 11 is 5.94. The number of hydrogen-bond acceptors (Lipinski definition) is 5. The van der Waals surface area contributed by atoms with E-state index in [0.29, 0.717) is 31.3 Å². The Hall–Kier alpha value is -1.79. The summed E-state index contributed by atoms with van der Waals surface area (Å²) in [5.41, 5.74) is 2.09. The highest BCUT2D eigenvalue weighted by molar-refractivity contribution is 6.30. The molecule has 0 saturated carbocycles. The Kier molecular flexibility index (Phi) is 9.42. The van der Waals surface area contributed by atoms with E-state index in [1.807, 2.05) is 49.4 Å². The zero-order chi connectivity index (χ0) is 19.5. The maximum absolute atomic E-state index is 9.25. The molecule has 0 aliphatic carbocycles. The molecule has 2 rings (SSSR count). The molecule has 0 aliphatic rings. The van der Waals surface area contributed by atoms with Crippen molar-refractivity contribution in [2.45, 2.75) is 33.1 Å². The highest BCUT2D eigenvalue weighted by atomic mass is 35.5. The Balaban J connectivity index is 1.96. The molecule has 0 fully saturated rings. The van der Waals surface area contributed by atoms with Crippen LogP contribution < -0.4 is 20.1 Å². The normalized spacial score (nSPS) is 12.0. The Bertz CT molecular complexity index is 678. The van der Waals surface area contributed by atoms with Crippen LogP contribution in [0.25, 0.3) is 0 Å². The van der Waals surface area contributed by atoms with Crippen molar-refractivity contribution in [1.29, 1.82) is 0 Å². The molecule has 5 nitrogen and oxygen atoms in total. The van der Waals surface area contributed by atoms with E-state index in [-0.39, 0.29) is 6.10 Å². The average Bonchev–Trinajstić information content (AvgIpc) is 2.65. The third kappa shape index (κ3) is 7.77. The Morgan fingerprint density at radius 1 is 1.04 bits per heavy atom. The second kappa shape index (κ2) is 11.8. The summed E-state index contributed by atoms with van der Waals surface area (Å²) in [5, 5.41) is 16.5. The van der Waals surface area contributed by atoms with E-state index in [9.17, 15) is 5.11 Å². The topological polar surface area (TPSA) is 62.8 Å². The van der Waals surface area contributed by atoms with Gasteiger partial charge in [0.15, 0.2) is 11.5 Å². The van der Waals surface area contributed by atoms with E-state index in [1.54, 1.807) is 6.92 Å². The smallest absolute Gasteiger partial charge is 0.166 e.